The van der Waals surface area contributed by atoms with Crippen LogP contribution in [0.4, 0.5) is 5.69 Å². The van der Waals surface area contributed by atoms with E-state index in [1.54, 1.807) is 22.8 Å². The largest absolute Gasteiger partial charge is 0.361 e. The molecule has 0 bridgehead atoms. The summed E-state index contributed by atoms with van der Waals surface area (Å²) in [5.41, 5.74) is 0.623. The standard InChI is InChI=1S/C19H21N3O4/c1-14-10-16(20-26-14)18(24)21-9-5-8-19(12-21)13-22(17(23)11-25-19)15-6-3-2-4-7-15/h2-4,6-7,10H,5,8-9,11-13H2,1H3. The van der Waals surface area contributed by atoms with Crippen LogP contribution in [-0.4, -0.2) is 53.7 Å². The Morgan fingerprint density at radius 2 is 2.04 bits per heavy atom. The molecule has 2 aromatic rings. The SMILES string of the molecule is Cc1cc(C(=O)N2CCCC3(C2)CN(c2ccccc2)C(=O)CO3)no1. The quantitative estimate of drug-likeness (QED) is 0.824. The number of carbonyl (C=O) groups is 2. The number of hydrogen-bond donors (Lipinski definition) is 0. The minimum atomic E-state index is -0.545. The van der Waals surface area contributed by atoms with Crippen LogP contribution in [0.15, 0.2) is 40.9 Å². The molecule has 7 heteroatoms. The third-order valence-electron chi connectivity index (χ3n) is 4.99. The van der Waals surface area contributed by atoms with Crippen LogP contribution in [0, 0.1) is 6.92 Å². The van der Waals surface area contributed by atoms with Crippen LogP contribution in [0.25, 0.3) is 0 Å². The van der Waals surface area contributed by atoms with E-state index < -0.39 is 5.60 Å². The number of morpholine rings is 1. The molecule has 2 amide bonds. The maximum atomic E-state index is 12.7. The molecule has 136 valence electrons. The van der Waals surface area contributed by atoms with Crippen molar-refractivity contribution < 1.29 is 18.8 Å². The van der Waals surface area contributed by atoms with Gasteiger partial charge in [-0.2, -0.15) is 0 Å². The van der Waals surface area contributed by atoms with Gasteiger partial charge in [0.15, 0.2) is 5.69 Å². The van der Waals surface area contributed by atoms with E-state index in [-0.39, 0.29) is 18.4 Å². The van der Waals surface area contributed by atoms with Gasteiger partial charge >= 0.3 is 0 Å². The number of anilines is 1. The van der Waals surface area contributed by atoms with Gasteiger partial charge in [0.05, 0.1) is 13.1 Å². The first-order valence-corrected chi connectivity index (χ1v) is 8.78. The lowest BCUT2D eigenvalue weighted by atomic mass is 9.90. The fourth-order valence-corrected chi connectivity index (χ4v) is 3.71. The van der Waals surface area contributed by atoms with Crippen molar-refractivity contribution in [1.29, 1.82) is 0 Å². The van der Waals surface area contributed by atoms with Gasteiger partial charge in [-0.25, -0.2) is 0 Å². The van der Waals surface area contributed by atoms with Crippen LogP contribution in [-0.2, 0) is 9.53 Å². The van der Waals surface area contributed by atoms with E-state index in [1.807, 2.05) is 30.3 Å². The van der Waals surface area contributed by atoms with E-state index >= 15 is 0 Å². The zero-order valence-corrected chi connectivity index (χ0v) is 14.7. The lowest BCUT2D eigenvalue weighted by molar-refractivity contribution is -0.144. The molecule has 1 atom stereocenters. The summed E-state index contributed by atoms with van der Waals surface area (Å²) >= 11 is 0. The number of ether oxygens (including phenoxy) is 1. The van der Waals surface area contributed by atoms with E-state index in [0.717, 1.165) is 18.5 Å². The van der Waals surface area contributed by atoms with Crippen LogP contribution < -0.4 is 4.90 Å². The summed E-state index contributed by atoms with van der Waals surface area (Å²) < 4.78 is 11.0. The number of piperidine rings is 1. The Morgan fingerprint density at radius 1 is 1.23 bits per heavy atom. The summed E-state index contributed by atoms with van der Waals surface area (Å²) in [4.78, 5) is 28.6. The van der Waals surface area contributed by atoms with E-state index in [4.69, 9.17) is 9.26 Å². The van der Waals surface area contributed by atoms with Crippen molar-refractivity contribution >= 4 is 17.5 Å². The predicted octanol–water partition coefficient (Wildman–Crippen LogP) is 2.02. The van der Waals surface area contributed by atoms with Gasteiger partial charge < -0.3 is 19.1 Å². The zero-order valence-electron chi connectivity index (χ0n) is 14.7. The number of aryl methyl sites for hydroxylation is 1. The van der Waals surface area contributed by atoms with Crippen LogP contribution >= 0.6 is 0 Å². The van der Waals surface area contributed by atoms with Crippen molar-refractivity contribution in [3.63, 3.8) is 0 Å². The molecule has 0 radical (unpaired) electrons. The molecule has 2 fully saturated rings. The number of aromatic nitrogens is 1. The second kappa shape index (κ2) is 6.57. The van der Waals surface area contributed by atoms with E-state index in [9.17, 15) is 9.59 Å². The second-order valence-corrected chi connectivity index (χ2v) is 6.94. The van der Waals surface area contributed by atoms with Crippen molar-refractivity contribution in [1.82, 2.24) is 10.1 Å². The Bertz CT molecular complexity index is 819. The highest BCUT2D eigenvalue weighted by Crippen LogP contribution is 2.32. The smallest absolute Gasteiger partial charge is 0.276 e. The molecular formula is C19H21N3O4. The maximum absolute atomic E-state index is 12.7. The number of carbonyl (C=O) groups excluding carboxylic acids is 2. The molecule has 1 aromatic carbocycles. The number of nitrogens with zero attached hydrogens (tertiary/aromatic N) is 3. The molecule has 26 heavy (non-hydrogen) atoms. The predicted molar refractivity (Wildman–Crippen MR) is 93.9 cm³/mol. The highest BCUT2D eigenvalue weighted by molar-refractivity contribution is 5.95. The van der Waals surface area contributed by atoms with Crippen molar-refractivity contribution in [2.75, 3.05) is 31.1 Å². The highest BCUT2D eigenvalue weighted by Gasteiger charge is 2.44. The molecule has 7 nitrogen and oxygen atoms in total. The lowest BCUT2D eigenvalue weighted by Crippen LogP contribution is -2.62. The van der Waals surface area contributed by atoms with Gasteiger partial charge in [-0.15, -0.1) is 0 Å². The summed E-state index contributed by atoms with van der Waals surface area (Å²) in [6.07, 6.45) is 1.63. The van der Waals surface area contributed by atoms with Gasteiger partial charge in [-0.05, 0) is 31.9 Å². The van der Waals surface area contributed by atoms with Crippen LogP contribution in [0.3, 0.4) is 0 Å². The van der Waals surface area contributed by atoms with Gasteiger partial charge in [0, 0.05) is 18.3 Å². The molecule has 0 saturated carbocycles. The second-order valence-electron chi connectivity index (χ2n) is 6.94. The van der Waals surface area contributed by atoms with Gasteiger partial charge in [-0.1, -0.05) is 23.4 Å². The maximum Gasteiger partial charge on any atom is 0.276 e. The molecule has 2 aliphatic rings. The summed E-state index contributed by atoms with van der Waals surface area (Å²) in [6, 6.07) is 11.2. The summed E-state index contributed by atoms with van der Waals surface area (Å²) in [5.74, 6) is 0.389. The Morgan fingerprint density at radius 3 is 2.77 bits per heavy atom. The van der Waals surface area contributed by atoms with Crippen LogP contribution in [0.2, 0.25) is 0 Å². The minimum Gasteiger partial charge on any atom is -0.361 e. The highest BCUT2D eigenvalue weighted by atomic mass is 16.5. The molecule has 1 unspecified atom stereocenters. The monoisotopic (exact) mass is 355 g/mol. The molecule has 2 aliphatic heterocycles. The molecular weight excluding hydrogens is 334 g/mol. The molecule has 0 N–H and O–H groups in total. The number of hydrogen-bond acceptors (Lipinski definition) is 5. The first kappa shape index (κ1) is 16.8. The Hall–Kier alpha value is -2.67. The zero-order chi connectivity index (χ0) is 18.1. The fraction of sp³-hybridized carbons (Fsp3) is 0.421. The number of para-hydroxylation sites is 1. The molecule has 1 spiro atoms. The minimum absolute atomic E-state index is 0.0278. The summed E-state index contributed by atoms with van der Waals surface area (Å²) in [6.45, 7) is 3.32. The van der Waals surface area contributed by atoms with Crippen molar-refractivity contribution in [2.45, 2.75) is 25.4 Å². The molecule has 0 aliphatic carbocycles. The van der Waals surface area contributed by atoms with Crippen LogP contribution in [0.1, 0.15) is 29.1 Å². The number of likely N-dealkylation sites (tertiary alicyclic amines) is 1. The Kier molecular flexibility index (Phi) is 4.24. The Balaban J connectivity index is 1.54. The van der Waals surface area contributed by atoms with E-state index in [1.165, 1.54) is 0 Å². The van der Waals surface area contributed by atoms with Gasteiger partial charge in [-0.3, -0.25) is 9.59 Å². The van der Waals surface area contributed by atoms with Gasteiger partial charge in [0.25, 0.3) is 11.8 Å². The average Bonchev–Trinajstić information content (AvgIpc) is 3.10. The Labute approximate surface area is 151 Å². The third kappa shape index (κ3) is 3.10. The molecule has 4 rings (SSSR count). The first-order valence-electron chi connectivity index (χ1n) is 8.78. The number of amides is 2. The van der Waals surface area contributed by atoms with E-state index in [0.29, 0.717) is 31.1 Å². The van der Waals surface area contributed by atoms with Gasteiger partial charge in [0.1, 0.15) is 18.0 Å². The van der Waals surface area contributed by atoms with Crippen molar-refractivity contribution in [3.8, 4) is 0 Å². The van der Waals surface area contributed by atoms with Crippen LogP contribution in [0.5, 0.6) is 0 Å². The molecule has 1 aromatic heterocycles. The number of rotatable bonds is 2. The first-order chi connectivity index (χ1) is 12.6. The van der Waals surface area contributed by atoms with E-state index in [2.05, 4.69) is 5.16 Å². The topological polar surface area (TPSA) is 75.9 Å². The van der Waals surface area contributed by atoms with Crippen molar-refractivity contribution in [3.05, 3.63) is 47.9 Å². The van der Waals surface area contributed by atoms with Gasteiger partial charge in [0.2, 0.25) is 0 Å². The van der Waals surface area contributed by atoms with Crippen molar-refractivity contribution in [2.24, 2.45) is 0 Å². The average molecular weight is 355 g/mol. The fourth-order valence-electron chi connectivity index (χ4n) is 3.71. The third-order valence-corrected chi connectivity index (χ3v) is 4.99. The number of benzene rings is 1. The summed E-state index contributed by atoms with van der Waals surface area (Å²) in [5, 5.41) is 3.83. The lowest BCUT2D eigenvalue weighted by Gasteiger charge is -2.47. The normalized spacial score (nSPS) is 23.5. The molecule has 2 saturated heterocycles. The molecule has 3 heterocycles. The summed E-state index contributed by atoms with van der Waals surface area (Å²) in [7, 11) is 0.